The molecule has 0 bridgehead atoms. The zero-order valence-electron chi connectivity index (χ0n) is 10.4. The summed E-state index contributed by atoms with van der Waals surface area (Å²) in [7, 11) is 0. The first-order valence-electron chi connectivity index (χ1n) is 6.24. The van der Waals surface area contributed by atoms with Crippen molar-refractivity contribution in [3.8, 4) is 6.07 Å². The van der Waals surface area contributed by atoms with Gasteiger partial charge in [-0.05, 0) is 37.1 Å². The minimum absolute atomic E-state index is 0.0651. The molecule has 100 valence electrons. The molecule has 2 rings (SSSR count). The lowest BCUT2D eigenvalue weighted by Crippen LogP contribution is -2.33. The van der Waals surface area contributed by atoms with Crippen LogP contribution in [0.5, 0.6) is 0 Å². The largest absolute Gasteiger partial charge is 0.396 e. The number of aliphatic hydroxyl groups excluding tert-OH is 2. The Morgan fingerprint density at radius 3 is 2.58 bits per heavy atom. The van der Waals surface area contributed by atoms with Gasteiger partial charge >= 0.3 is 0 Å². The van der Waals surface area contributed by atoms with Gasteiger partial charge in [-0.1, -0.05) is 0 Å². The van der Waals surface area contributed by atoms with Gasteiger partial charge < -0.3 is 15.5 Å². The topological polar surface area (TPSA) is 93.4 Å². The maximum Gasteiger partial charge on any atom is 0.251 e. The molecule has 1 aliphatic rings. The Morgan fingerprint density at radius 1 is 1.37 bits per heavy atom. The van der Waals surface area contributed by atoms with E-state index in [0.29, 0.717) is 24.0 Å². The van der Waals surface area contributed by atoms with Gasteiger partial charge in [-0.15, -0.1) is 0 Å². The van der Waals surface area contributed by atoms with Gasteiger partial charge in [-0.2, -0.15) is 5.26 Å². The maximum atomic E-state index is 12.0. The number of carbonyl (C=O) groups is 1. The molecule has 1 aliphatic carbocycles. The normalized spacial score (nSPS) is 25.8. The quantitative estimate of drug-likeness (QED) is 0.734. The first-order chi connectivity index (χ1) is 9.13. The molecule has 5 nitrogen and oxygen atoms in total. The van der Waals surface area contributed by atoms with Crippen molar-refractivity contribution in [1.29, 1.82) is 5.26 Å². The number of nitriles is 1. The zero-order valence-corrected chi connectivity index (χ0v) is 10.4. The van der Waals surface area contributed by atoms with Crippen LogP contribution in [0.3, 0.4) is 0 Å². The molecule has 1 aromatic carbocycles. The molecular weight excluding hydrogens is 244 g/mol. The molecule has 19 heavy (non-hydrogen) atoms. The van der Waals surface area contributed by atoms with Gasteiger partial charge in [0.15, 0.2) is 0 Å². The van der Waals surface area contributed by atoms with Crippen LogP contribution in [0.15, 0.2) is 24.3 Å². The number of nitrogens with zero attached hydrogens (tertiary/aromatic N) is 1. The van der Waals surface area contributed by atoms with Crippen molar-refractivity contribution in [1.82, 2.24) is 5.32 Å². The number of hydrogen-bond acceptors (Lipinski definition) is 4. The Hall–Kier alpha value is -1.90. The molecule has 0 aliphatic heterocycles. The second kappa shape index (κ2) is 5.83. The van der Waals surface area contributed by atoms with E-state index in [1.54, 1.807) is 24.3 Å². The minimum atomic E-state index is -0.559. The van der Waals surface area contributed by atoms with Crippen LogP contribution in [0, 0.1) is 17.2 Å². The lowest BCUT2D eigenvalue weighted by Gasteiger charge is -2.12. The van der Waals surface area contributed by atoms with E-state index in [4.69, 9.17) is 10.4 Å². The molecule has 0 spiro atoms. The van der Waals surface area contributed by atoms with E-state index in [0.717, 1.165) is 0 Å². The number of carbonyl (C=O) groups excluding carboxylic acids is 1. The van der Waals surface area contributed by atoms with Crippen LogP contribution < -0.4 is 5.32 Å². The summed E-state index contributed by atoms with van der Waals surface area (Å²) < 4.78 is 0. The Bertz CT molecular complexity index is 492. The number of rotatable bonds is 3. The average molecular weight is 260 g/mol. The molecule has 0 saturated heterocycles. The summed E-state index contributed by atoms with van der Waals surface area (Å²) >= 11 is 0. The molecule has 1 amide bonds. The standard InChI is InChI=1S/C14H16N2O3/c15-7-9-1-3-10(4-2-9)14(19)16-12-5-11(8-17)13(18)6-12/h1-4,11-13,17-18H,5-6,8H2,(H,16,19). The highest BCUT2D eigenvalue weighted by molar-refractivity contribution is 5.94. The van der Waals surface area contributed by atoms with Crippen molar-refractivity contribution >= 4 is 5.91 Å². The summed E-state index contributed by atoms with van der Waals surface area (Å²) in [5, 5.41) is 30.2. The van der Waals surface area contributed by atoms with Crippen molar-refractivity contribution in [2.24, 2.45) is 5.92 Å². The average Bonchev–Trinajstić information content (AvgIpc) is 2.78. The Labute approximate surface area is 111 Å². The maximum absolute atomic E-state index is 12.0. The Balaban J connectivity index is 1.96. The molecule has 1 saturated carbocycles. The van der Waals surface area contributed by atoms with E-state index in [-0.39, 0.29) is 24.5 Å². The predicted octanol–water partition coefficient (Wildman–Crippen LogP) is 0.420. The van der Waals surface area contributed by atoms with Gasteiger partial charge in [0.2, 0.25) is 0 Å². The number of hydrogen-bond donors (Lipinski definition) is 3. The van der Waals surface area contributed by atoms with Crippen LogP contribution in [0.25, 0.3) is 0 Å². The minimum Gasteiger partial charge on any atom is -0.396 e. The van der Waals surface area contributed by atoms with Crippen molar-refractivity contribution in [3.63, 3.8) is 0 Å². The molecule has 3 unspecified atom stereocenters. The van der Waals surface area contributed by atoms with Crippen molar-refractivity contribution in [3.05, 3.63) is 35.4 Å². The number of nitrogens with one attached hydrogen (secondary N) is 1. The van der Waals surface area contributed by atoms with Crippen LogP contribution in [0.1, 0.15) is 28.8 Å². The monoisotopic (exact) mass is 260 g/mol. The molecule has 1 fully saturated rings. The molecule has 1 aromatic rings. The second-order valence-electron chi connectivity index (χ2n) is 4.84. The van der Waals surface area contributed by atoms with Gasteiger partial charge in [-0.25, -0.2) is 0 Å². The van der Waals surface area contributed by atoms with Crippen LogP contribution in [0.4, 0.5) is 0 Å². The lowest BCUT2D eigenvalue weighted by atomic mass is 10.1. The first-order valence-corrected chi connectivity index (χ1v) is 6.24. The highest BCUT2D eigenvalue weighted by atomic mass is 16.3. The van der Waals surface area contributed by atoms with Gasteiger partial charge in [0.25, 0.3) is 5.91 Å². The van der Waals surface area contributed by atoms with E-state index in [2.05, 4.69) is 5.32 Å². The van der Waals surface area contributed by atoms with Gasteiger partial charge in [-0.3, -0.25) is 4.79 Å². The van der Waals surface area contributed by atoms with Gasteiger partial charge in [0, 0.05) is 24.1 Å². The van der Waals surface area contributed by atoms with E-state index in [9.17, 15) is 9.90 Å². The molecular formula is C14H16N2O3. The molecule has 3 N–H and O–H groups in total. The Kier molecular flexibility index (Phi) is 4.15. The van der Waals surface area contributed by atoms with Gasteiger partial charge in [0.05, 0.1) is 17.7 Å². The smallest absolute Gasteiger partial charge is 0.251 e. The van der Waals surface area contributed by atoms with E-state index in [1.807, 2.05) is 6.07 Å². The van der Waals surface area contributed by atoms with Crippen molar-refractivity contribution < 1.29 is 15.0 Å². The second-order valence-corrected chi connectivity index (χ2v) is 4.84. The third-order valence-corrected chi connectivity index (χ3v) is 3.50. The highest BCUT2D eigenvalue weighted by Gasteiger charge is 2.33. The summed E-state index contributed by atoms with van der Waals surface area (Å²) in [6.45, 7) is -0.0651. The fourth-order valence-corrected chi connectivity index (χ4v) is 2.38. The third kappa shape index (κ3) is 3.11. The fraction of sp³-hybridized carbons (Fsp3) is 0.429. The third-order valence-electron chi connectivity index (χ3n) is 3.50. The van der Waals surface area contributed by atoms with E-state index >= 15 is 0 Å². The summed E-state index contributed by atoms with van der Waals surface area (Å²) in [5.41, 5.74) is 0.995. The Morgan fingerprint density at radius 2 is 2.05 bits per heavy atom. The van der Waals surface area contributed by atoms with E-state index < -0.39 is 6.10 Å². The highest BCUT2D eigenvalue weighted by Crippen LogP contribution is 2.25. The molecule has 5 heteroatoms. The molecule has 3 atom stereocenters. The van der Waals surface area contributed by atoms with Gasteiger partial charge in [0.1, 0.15) is 0 Å². The summed E-state index contributed by atoms with van der Waals surface area (Å²) in [5.74, 6) is -0.383. The number of amides is 1. The first kappa shape index (κ1) is 13.5. The predicted molar refractivity (Wildman–Crippen MR) is 68.2 cm³/mol. The molecule has 0 radical (unpaired) electrons. The summed E-state index contributed by atoms with van der Waals surface area (Å²) in [6, 6.07) is 8.26. The van der Waals surface area contributed by atoms with Crippen molar-refractivity contribution in [2.45, 2.75) is 25.0 Å². The van der Waals surface area contributed by atoms with Crippen LogP contribution >= 0.6 is 0 Å². The summed E-state index contributed by atoms with van der Waals surface area (Å²) in [6.07, 6.45) is 0.490. The molecule has 0 heterocycles. The van der Waals surface area contributed by atoms with Crippen molar-refractivity contribution in [2.75, 3.05) is 6.61 Å². The molecule has 0 aromatic heterocycles. The van der Waals surface area contributed by atoms with E-state index in [1.165, 1.54) is 0 Å². The van der Waals surface area contributed by atoms with Crippen LogP contribution in [0.2, 0.25) is 0 Å². The van der Waals surface area contributed by atoms with Crippen LogP contribution in [-0.4, -0.2) is 34.9 Å². The lowest BCUT2D eigenvalue weighted by molar-refractivity contribution is 0.0903. The summed E-state index contributed by atoms with van der Waals surface area (Å²) in [4.78, 5) is 12.0. The number of benzene rings is 1. The SMILES string of the molecule is N#Cc1ccc(C(=O)NC2CC(O)C(CO)C2)cc1. The van der Waals surface area contributed by atoms with Crippen LogP contribution in [-0.2, 0) is 0 Å². The zero-order chi connectivity index (χ0) is 13.8. The number of aliphatic hydroxyl groups is 2. The fourth-order valence-electron chi connectivity index (χ4n) is 2.38.